The van der Waals surface area contributed by atoms with Gasteiger partial charge in [-0.25, -0.2) is 9.89 Å². The smallest absolute Gasteiger partial charge is 0.343 e. The number of aromatic amines is 1. The van der Waals surface area contributed by atoms with Crippen LogP contribution in [0.3, 0.4) is 0 Å². The molecule has 2 aromatic rings. The summed E-state index contributed by atoms with van der Waals surface area (Å²) in [5.74, 6) is 0.701. The molecule has 2 aliphatic heterocycles. The van der Waals surface area contributed by atoms with Crippen molar-refractivity contribution in [2.24, 2.45) is 0 Å². The van der Waals surface area contributed by atoms with Gasteiger partial charge in [0.2, 0.25) is 0 Å². The maximum Gasteiger partial charge on any atom is 0.343 e. The van der Waals surface area contributed by atoms with Gasteiger partial charge >= 0.3 is 5.69 Å². The Morgan fingerprint density at radius 1 is 1.30 bits per heavy atom. The normalized spacial score (nSPS) is 23.7. The number of H-pyrrole nitrogens is 1. The molecule has 1 fully saturated rings. The van der Waals surface area contributed by atoms with Crippen LogP contribution in [0.1, 0.15) is 23.4 Å². The van der Waals surface area contributed by atoms with E-state index in [2.05, 4.69) is 46.3 Å². The second kappa shape index (κ2) is 6.11. The van der Waals surface area contributed by atoms with Crippen molar-refractivity contribution >= 4 is 12.4 Å². The molecule has 0 saturated carbocycles. The predicted octanol–water partition coefficient (Wildman–Crippen LogP) is 1.48. The second-order valence-corrected chi connectivity index (χ2v) is 6.45. The highest BCUT2D eigenvalue weighted by Gasteiger charge is 2.43. The van der Waals surface area contributed by atoms with Crippen LogP contribution < -0.4 is 5.69 Å². The van der Waals surface area contributed by atoms with Crippen molar-refractivity contribution in [1.29, 1.82) is 0 Å². The van der Waals surface area contributed by atoms with Gasteiger partial charge in [0.15, 0.2) is 5.82 Å². The molecular formula is C16H21ClN4O2. The van der Waals surface area contributed by atoms with Crippen LogP contribution in [0, 0.1) is 6.92 Å². The van der Waals surface area contributed by atoms with Gasteiger partial charge in [-0.3, -0.25) is 9.47 Å². The third-order valence-electron chi connectivity index (χ3n) is 4.71. The maximum atomic E-state index is 11.8. The number of ether oxygens (including phenoxy) is 1. The first-order chi connectivity index (χ1) is 10.6. The summed E-state index contributed by atoms with van der Waals surface area (Å²) in [7, 11) is 0. The van der Waals surface area contributed by atoms with Crippen molar-refractivity contribution in [2.75, 3.05) is 13.1 Å². The van der Waals surface area contributed by atoms with Gasteiger partial charge in [-0.05, 0) is 18.9 Å². The van der Waals surface area contributed by atoms with Crippen molar-refractivity contribution in [2.45, 2.75) is 38.6 Å². The first kappa shape index (κ1) is 16.2. The standard InChI is InChI=1S/C16H20N4O2.ClH/c1-12-2-4-13(5-3-12)8-19-7-6-16(10-19)11-20-14(9-22-16)17-18-15(20)21;/h2-5H,6-11H2,1H3,(H,18,21);1H. The van der Waals surface area contributed by atoms with Gasteiger partial charge in [-0.1, -0.05) is 29.8 Å². The molecular weight excluding hydrogens is 316 g/mol. The summed E-state index contributed by atoms with van der Waals surface area (Å²) in [5, 5.41) is 6.50. The number of hydrogen-bond acceptors (Lipinski definition) is 4. The van der Waals surface area contributed by atoms with E-state index in [1.165, 1.54) is 11.1 Å². The molecule has 0 radical (unpaired) electrons. The lowest BCUT2D eigenvalue weighted by atomic mass is 10.0. The summed E-state index contributed by atoms with van der Waals surface area (Å²) in [6.07, 6.45) is 0.954. The van der Waals surface area contributed by atoms with Gasteiger partial charge in [0.1, 0.15) is 12.2 Å². The molecule has 3 heterocycles. The lowest BCUT2D eigenvalue weighted by Gasteiger charge is -2.33. The van der Waals surface area contributed by atoms with E-state index in [1.54, 1.807) is 4.57 Å². The molecule has 4 rings (SSSR count). The zero-order valence-electron chi connectivity index (χ0n) is 13.1. The van der Waals surface area contributed by atoms with E-state index in [4.69, 9.17) is 4.74 Å². The number of nitrogens with zero attached hydrogens (tertiary/aromatic N) is 3. The molecule has 1 aromatic heterocycles. The van der Waals surface area contributed by atoms with Crippen LogP contribution in [0.25, 0.3) is 0 Å². The topological polar surface area (TPSA) is 63.2 Å². The number of likely N-dealkylation sites (tertiary alicyclic amines) is 1. The average molecular weight is 337 g/mol. The zero-order valence-corrected chi connectivity index (χ0v) is 13.9. The highest BCUT2D eigenvalue weighted by Crippen LogP contribution is 2.31. The third kappa shape index (κ3) is 3.06. The Labute approximate surface area is 140 Å². The van der Waals surface area contributed by atoms with Crippen molar-refractivity contribution in [3.05, 3.63) is 51.7 Å². The number of hydrogen-bond donors (Lipinski definition) is 1. The fraction of sp³-hybridized carbons (Fsp3) is 0.500. The minimum atomic E-state index is -0.245. The first-order valence-electron chi connectivity index (χ1n) is 7.70. The molecule has 6 nitrogen and oxygen atoms in total. The minimum absolute atomic E-state index is 0. The predicted molar refractivity (Wildman–Crippen MR) is 88.7 cm³/mol. The highest BCUT2D eigenvalue weighted by atomic mass is 35.5. The Bertz CT molecular complexity index is 739. The van der Waals surface area contributed by atoms with Crippen molar-refractivity contribution in [1.82, 2.24) is 19.7 Å². The zero-order chi connectivity index (χ0) is 15.2. The van der Waals surface area contributed by atoms with Gasteiger partial charge in [0.25, 0.3) is 0 Å². The van der Waals surface area contributed by atoms with Crippen molar-refractivity contribution in [3.63, 3.8) is 0 Å². The van der Waals surface area contributed by atoms with E-state index in [1.807, 2.05) is 0 Å². The molecule has 1 spiro atoms. The van der Waals surface area contributed by atoms with Gasteiger partial charge in [0.05, 0.1) is 6.54 Å². The molecule has 0 aliphatic carbocycles. The fourth-order valence-corrected chi connectivity index (χ4v) is 3.44. The van der Waals surface area contributed by atoms with Crippen LogP contribution in [0.5, 0.6) is 0 Å². The quantitative estimate of drug-likeness (QED) is 0.902. The van der Waals surface area contributed by atoms with Crippen molar-refractivity contribution < 1.29 is 4.74 Å². The SMILES string of the molecule is Cc1ccc(CN2CCC3(C2)Cn2c(n[nH]c2=O)CO3)cc1.Cl. The Morgan fingerprint density at radius 2 is 2.09 bits per heavy atom. The van der Waals surface area contributed by atoms with Gasteiger partial charge < -0.3 is 4.74 Å². The Balaban J connectivity index is 0.00000156. The molecule has 1 aromatic carbocycles. The van der Waals surface area contributed by atoms with Crippen LogP contribution in [0.2, 0.25) is 0 Å². The molecule has 23 heavy (non-hydrogen) atoms. The van der Waals surface area contributed by atoms with Crippen LogP contribution in [0.15, 0.2) is 29.1 Å². The molecule has 1 saturated heterocycles. The van der Waals surface area contributed by atoms with Crippen LogP contribution in [0.4, 0.5) is 0 Å². The highest BCUT2D eigenvalue weighted by molar-refractivity contribution is 5.85. The van der Waals surface area contributed by atoms with E-state index in [0.717, 1.165) is 26.1 Å². The molecule has 0 bridgehead atoms. The number of aromatic nitrogens is 3. The Hall–Kier alpha value is -1.63. The maximum absolute atomic E-state index is 11.8. The van der Waals surface area contributed by atoms with Crippen LogP contribution in [-0.2, 0) is 24.4 Å². The minimum Gasteiger partial charge on any atom is -0.364 e. The van der Waals surface area contributed by atoms with E-state index >= 15 is 0 Å². The van der Waals surface area contributed by atoms with Crippen LogP contribution in [-0.4, -0.2) is 38.4 Å². The van der Waals surface area contributed by atoms with Crippen molar-refractivity contribution in [3.8, 4) is 0 Å². The Kier molecular flexibility index (Phi) is 4.31. The number of benzene rings is 1. The number of halogens is 1. The van der Waals surface area contributed by atoms with Gasteiger partial charge in [-0.2, -0.15) is 5.10 Å². The number of rotatable bonds is 2. The average Bonchev–Trinajstić information content (AvgIpc) is 3.07. The molecule has 124 valence electrons. The lowest BCUT2D eigenvalue weighted by molar-refractivity contribution is -0.0832. The first-order valence-corrected chi connectivity index (χ1v) is 7.70. The monoisotopic (exact) mass is 336 g/mol. The summed E-state index contributed by atoms with van der Waals surface area (Å²) < 4.78 is 7.79. The van der Waals surface area contributed by atoms with E-state index in [0.29, 0.717) is 19.0 Å². The largest absolute Gasteiger partial charge is 0.364 e. The van der Waals surface area contributed by atoms with Gasteiger partial charge in [0, 0.05) is 19.6 Å². The molecule has 2 aliphatic rings. The third-order valence-corrected chi connectivity index (χ3v) is 4.71. The number of nitrogens with one attached hydrogen (secondary N) is 1. The molecule has 0 amide bonds. The molecule has 7 heteroatoms. The Morgan fingerprint density at radius 3 is 2.87 bits per heavy atom. The summed E-state index contributed by atoms with van der Waals surface area (Å²) >= 11 is 0. The summed E-state index contributed by atoms with van der Waals surface area (Å²) in [5.41, 5.74) is 2.23. The van der Waals surface area contributed by atoms with E-state index in [9.17, 15) is 4.79 Å². The lowest BCUT2D eigenvalue weighted by Crippen LogP contribution is -2.46. The van der Waals surface area contributed by atoms with E-state index < -0.39 is 0 Å². The summed E-state index contributed by atoms with van der Waals surface area (Å²) in [6.45, 7) is 5.90. The molecule has 1 N–H and O–H groups in total. The molecule has 1 unspecified atom stereocenters. The van der Waals surface area contributed by atoms with Crippen LogP contribution >= 0.6 is 12.4 Å². The fourth-order valence-electron chi connectivity index (χ4n) is 3.44. The second-order valence-electron chi connectivity index (χ2n) is 6.45. The molecule has 1 atom stereocenters. The number of fused-ring (bicyclic) bond motifs is 1. The summed E-state index contributed by atoms with van der Waals surface area (Å²) in [4.78, 5) is 14.2. The van der Waals surface area contributed by atoms with E-state index in [-0.39, 0.29) is 23.7 Å². The number of aryl methyl sites for hydroxylation is 1. The van der Waals surface area contributed by atoms with Gasteiger partial charge in [-0.15, -0.1) is 12.4 Å². The summed E-state index contributed by atoms with van der Waals surface area (Å²) in [6, 6.07) is 8.66.